The Kier molecular flexibility index (Phi) is 4.24. The fourth-order valence-corrected chi connectivity index (χ4v) is 1.54. The minimum absolute atomic E-state index is 0.0354. The predicted octanol–water partition coefficient (Wildman–Crippen LogP) is 0.369. The van der Waals surface area contributed by atoms with Crippen LogP contribution in [0.2, 0.25) is 4.34 Å². The van der Waals surface area contributed by atoms with Crippen LogP contribution in [0.5, 0.6) is 0 Å². The van der Waals surface area contributed by atoms with E-state index in [0.717, 1.165) is 11.5 Å². The van der Waals surface area contributed by atoms with Gasteiger partial charge < -0.3 is 5.32 Å². The lowest BCUT2D eigenvalue weighted by atomic mass is 10.4. The van der Waals surface area contributed by atoms with Gasteiger partial charge in [-0.15, -0.1) is 5.10 Å². The SMILES string of the molecule is CNC(=O)CN(C)Cc1nnsc1Cl. The molecule has 1 aromatic heterocycles. The third-order valence-electron chi connectivity index (χ3n) is 1.62. The van der Waals surface area contributed by atoms with E-state index in [0.29, 0.717) is 23.1 Å². The molecule has 0 aliphatic rings. The van der Waals surface area contributed by atoms with Gasteiger partial charge in [0.25, 0.3) is 0 Å². The first-order chi connectivity index (χ1) is 6.63. The summed E-state index contributed by atoms with van der Waals surface area (Å²) >= 11 is 6.97. The molecule has 0 spiro atoms. The fourth-order valence-electron chi connectivity index (χ4n) is 0.927. The molecule has 0 aliphatic heterocycles. The Morgan fingerprint density at radius 3 is 2.93 bits per heavy atom. The first-order valence-corrected chi connectivity index (χ1v) is 5.14. The Balaban J connectivity index is 2.45. The molecule has 0 aromatic carbocycles. The number of rotatable bonds is 4. The summed E-state index contributed by atoms with van der Waals surface area (Å²) in [6, 6.07) is 0. The number of aromatic nitrogens is 2. The number of halogens is 1. The number of carbonyl (C=O) groups excluding carboxylic acids is 1. The molecule has 0 unspecified atom stereocenters. The van der Waals surface area contributed by atoms with Crippen LogP contribution in [0.1, 0.15) is 5.69 Å². The summed E-state index contributed by atoms with van der Waals surface area (Å²) in [5.41, 5.74) is 0.711. The van der Waals surface area contributed by atoms with Gasteiger partial charge in [0.2, 0.25) is 5.91 Å². The lowest BCUT2D eigenvalue weighted by molar-refractivity contribution is -0.121. The molecule has 1 aromatic rings. The Morgan fingerprint density at radius 2 is 2.43 bits per heavy atom. The van der Waals surface area contributed by atoms with Crippen molar-refractivity contribution >= 4 is 29.0 Å². The summed E-state index contributed by atoms with van der Waals surface area (Å²) < 4.78 is 4.28. The molecule has 1 rings (SSSR count). The standard InChI is InChI=1S/C7H11ClN4OS/c1-9-6(13)4-12(2)3-5-7(8)14-11-10-5/h3-4H2,1-2H3,(H,9,13). The van der Waals surface area contributed by atoms with E-state index in [4.69, 9.17) is 11.6 Å². The molecule has 0 atom stereocenters. The molecule has 1 N–H and O–H groups in total. The van der Waals surface area contributed by atoms with Crippen LogP contribution in [0.15, 0.2) is 0 Å². The average molecular weight is 235 g/mol. The van der Waals surface area contributed by atoms with Crippen LogP contribution in [0.3, 0.4) is 0 Å². The Bertz CT molecular complexity index is 316. The Morgan fingerprint density at radius 1 is 1.71 bits per heavy atom. The van der Waals surface area contributed by atoms with E-state index in [1.807, 2.05) is 11.9 Å². The molecule has 0 aliphatic carbocycles. The molecule has 78 valence electrons. The normalized spacial score (nSPS) is 10.6. The zero-order valence-electron chi connectivity index (χ0n) is 7.95. The molecule has 1 heterocycles. The Hall–Kier alpha value is -0.720. The van der Waals surface area contributed by atoms with Crippen molar-refractivity contribution in [1.82, 2.24) is 19.8 Å². The van der Waals surface area contributed by atoms with Gasteiger partial charge in [0.15, 0.2) is 0 Å². The highest BCUT2D eigenvalue weighted by atomic mass is 35.5. The van der Waals surface area contributed by atoms with Crippen molar-refractivity contribution < 1.29 is 4.79 Å². The second-order valence-electron chi connectivity index (χ2n) is 2.84. The van der Waals surface area contributed by atoms with Crippen molar-refractivity contribution in [3.63, 3.8) is 0 Å². The van der Waals surface area contributed by atoms with Crippen molar-refractivity contribution in [2.45, 2.75) is 6.54 Å². The predicted molar refractivity (Wildman–Crippen MR) is 55.3 cm³/mol. The third-order valence-corrected chi connectivity index (χ3v) is 2.61. The fraction of sp³-hybridized carbons (Fsp3) is 0.571. The monoisotopic (exact) mass is 234 g/mol. The third kappa shape index (κ3) is 3.21. The van der Waals surface area contributed by atoms with Gasteiger partial charge in [0.1, 0.15) is 10.0 Å². The topological polar surface area (TPSA) is 58.1 Å². The largest absolute Gasteiger partial charge is 0.358 e. The quantitative estimate of drug-likeness (QED) is 0.818. The van der Waals surface area contributed by atoms with Crippen LogP contribution in [0, 0.1) is 0 Å². The molecular formula is C7H11ClN4OS. The van der Waals surface area contributed by atoms with Gasteiger partial charge in [-0.05, 0) is 7.05 Å². The molecule has 0 saturated carbocycles. The number of carbonyl (C=O) groups is 1. The Labute approximate surface area is 91.2 Å². The summed E-state index contributed by atoms with van der Waals surface area (Å²) in [6.07, 6.45) is 0. The number of likely N-dealkylation sites (N-methyl/N-ethyl adjacent to an activating group) is 2. The molecule has 0 radical (unpaired) electrons. The number of nitrogens with one attached hydrogen (secondary N) is 1. The zero-order valence-corrected chi connectivity index (χ0v) is 9.52. The smallest absolute Gasteiger partial charge is 0.233 e. The van der Waals surface area contributed by atoms with E-state index in [-0.39, 0.29) is 5.91 Å². The van der Waals surface area contributed by atoms with Gasteiger partial charge in [-0.25, -0.2) is 0 Å². The number of hydrogen-bond acceptors (Lipinski definition) is 5. The van der Waals surface area contributed by atoms with Gasteiger partial charge in [0.05, 0.1) is 6.54 Å². The first kappa shape index (κ1) is 11.4. The van der Waals surface area contributed by atoms with E-state index in [2.05, 4.69) is 14.9 Å². The summed E-state index contributed by atoms with van der Waals surface area (Å²) in [7, 11) is 3.43. The second kappa shape index (κ2) is 5.23. The van der Waals surface area contributed by atoms with Crippen LogP contribution in [-0.4, -0.2) is 41.0 Å². The second-order valence-corrected chi connectivity index (χ2v) is 4.19. The molecule has 0 fully saturated rings. The van der Waals surface area contributed by atoms with E-state index in [1.54, 1.807) is 7.05 Å². The van der Waals surface area contributed by atoms with E-state index in [1.165, 1.54) is 0 Å². The van der Waals surface area contributed by atoms with Crippen LogP contribution in [0.25, 0.3) is 0 Å². The van der Waals surface area contributed by atoms with E-state index < -0.39 is 0 Å². The summed E-state index contributed by atoms with van der Waals surface area (Å²) in [5.74, 6) is -0.0354. The lowest BCUT2D eigenvalue weighted by Gasteiger charge is -2.13. The maximum atomic E-state index is 11.0. The van der Waals surface area contributed by atoms with Crippen LogP contribution in [-0.2, 0) is 11.3 Å². The molecule has 1 amide bonds. The first-order valence-electron chi connectivity index (χ1n) is 3.99. The average Bonchev–Trinajstić information content (AvgIpc) is 2.51. The molecule has 7 heteroatoms. The van der Waals surface area contributed by atoms with Crippen LogP contribution >= 0.6 is 23.1 Å². The molecule has 0 bridgehead atoms. The van der Waals surface area contributed by atoms with Crippen molar-refractivity contribution in [1.29, 1.82) is 0 Å². The van der Waals surface area contributed by atoms with Gasteiger partial charge in [0, 0.05) is 25.1 Å². The summed E-state index contributed by atoms with van der Waals surface area (Å²) in [4.78, 5) is 12.8. The van der Waals surface area contributed by atoms with Crippen molar-refractivity contribution in [3.05, 3.63) is 10.0 Å². The zero-order chi connectivity index (χ0) is 10.6. The van der Waals surface area contributed by atoms with Crippen molar-refractivity contribution in [2.75, 3.05) is 20.6 Å². The van der Waals surface area contributed by atoms with E-state index in [9.17, 15) is 4.79 Å². The minimum Gasteiger partial charge on any atom is -0.358 e. The molecular weight excluding hydrogens is 224 g/mol. The van der Waals surface area contributed by atoms with Crippen molar-refractivity contribution in [2.24, 2.45) is 0 Å². The number of nitrogens with zero attached hydrogens (tertiary/aromatic N) is 3. The molecule has 14 heavy (non-hydrogen) atoms. The molecule has 5 nitrogen and oxygen atoms in total. The van der Waals surface area contributed by atoms with Gasteiger partial charge in [-0.1, -0.05) is 16.1 Å². The van der Waals surface area contributed by atoms with Gasteiger partial charge >= 0.3 is 0 Å². The summed E-state index contributed by atoms with van der Waals surface area (Å²) in [5, 5.41) is 6.40. The van der Waals surface area contributed by atoms with E-state index >= 15 is 0 Å². The molecule has 0 saturated heterocycles. The minimum atomic E-state index is -0.0354. The van der Waals surface area contributed by atoms with Gasteiger partial charge in [-0.2, -0.15) is 0 Å². The van der Waals surface area contributed by atoms with Crippen molar-refractivity contribution in [3.8, 4) is 0 Å². The highest BCUT2D eigenvalue weighted by Crippen LogP contribution is 2.17. The lowest BCUT2D eigenvalue weighted by Crippen LogP contribution is -2.32. The highest BCUT2D eigenvalue weighted by Gasteiger charge is 2.10. The summed E-state index contributed by atoms with van der Waals surface area (Å²) in [6.45, 7) is 0.854. The number of amides is 1. The maximum absolute atomic E-state index is 11.0. The highest BCUT2D eigenvalue weighted by molar-refractivity contribution is 7.10. The number of hydrogen-bond donors (Lipinski definition) is 1. The van der Waals surface area contributed by atoms with Crippen LogP contribution in [0.4, 0.5) is 0 Å². The maximum Gasteiger partial charge on any atom is 0.233 e. The van der Waals surface area contributed by atoms with Gasteiger partial charge in [-0.3, -0.25) is 9.69 Å². The van der Waals surface area contributed by atoms with Crippen LogP contribution < -0.4 is 5.32 Å².